The zero-order chi connectivity index (χ0) is 11.1. The maximum atomic E-state index is 11.9. The van der Waals surface area contributed by atoms with Crippen LogP contribution in [0.25, 0.3) is 11.0 Å². The van der Waals surface area contributed by atoms with Crippen molar-refractivity contribution >= 4 is 22.6 Å². The van der Waals surface area contributed by atoms with E-state index in [1.807, 2.05) is 0 Å². The Balaban J connectivity index is 2.46. The molecule has 1 heterocycles. The van der Waals surface area contributed by atoms with E-state index >= 15 is 0 Å². The van der Waals surface area contributed by atoms with Crippen LogP contribution in [-0.2, 0) is 0 Å². The number of hydrogen-bond donors (Lipinski definition) is 1. The van der Waals surface area contributed by atoms with E-state index in [1.54, 1.807) is 0 Å². The van der Waals surface area contributed by atoms with Crippen molar-refractivity contribution in [3.8, 4) is 5.75 Å². The van der Waals surface area contributed by atoms with Crippen LogP contribution in [-0.4, -0.2) is 21.8 Å². The fourth-order valence-corrected chi connectivity index (χ4v) is 1.24. The first kappa shape index (κ1) is 10.0. The van der Waals surface area contributed by atoms with Crippen LogP contribution in [0.5, 0.6) is 5.75 Å². The van der Waals surface area contributed by atoms with Crippen LogP contribution in [0.15, 0.2) is 12.1 Å². The van der Waals surface area contributed by atoms with Crippen molar-refractivity contribution in [3.05, 3.63) is 17.2 Å². The molecule has 0 spiro atoms. The van der Waals surface area contributed by atoms with Crippen molar-refractivity contribution in [1.82, 2.24) is 15.4 Å². The highest BCUT2D eigenvalue weighted by atomic mass is 35.5. The molecule has 0 aliphatic rings. The Labute approximate surface area is 86.0 Å². The number of rotatable bonds is 1. The average molecular weight is 238 g/mol. The molecule has 0 saturated carbocycles. The zero-order valence-corrected chi connectivity index (χ0v) is 7.73. The first-order valence-electron chi connectivity index (χ1n) is 3.71. The van der Waals surface area contributed by atoms with E-state index in [1.165, 1.54) is 6.07 Å². The van der Waals surface area contributed by atoms with E-state index in [2.05, 4.69) is 20.1 Å². The third-order valence-electron chi connectivity index (χ3n) is 1.60. The molecule has 0 radical (unpaired) electrons. The third-order valence-corrected chi connectivity index (χ3v) is 1.89. The molecule has 0 bridgehead atoms. The number of H-pyrrole nitrogens is 1. The number of halogens is 4. The summed E-state index contributed by atoms with van der Waals surface area (Å²) in [5, 5.41) is 9.36. The highest BCUT2D eigenvalue weighted by Gasteiger charge is 2.32. The smallest absolute Gasteiger partial charge is 0.404 e. The van der Waals surface area contributed by atoms with E-state index in [0.717, 1.165) is 6.07 Å². The van der Waals surface area contributed by atoms with Crippen molar-refractivity contribution in [1.29, 1.82) is 0 Å². The molecular weight excluding hydrogens is 235 g/mol. The second-order valence-electron chi connectivity index (χ2n) is 2.64. The van der Waals surface area contributed by atoms with Gasteiger partial charge in [-0.1, -0.05) is 11.6 Å². The minimum Gasteiger partial charge on any atom is -0.404 e. The summed E-state index contributed by atoms with van der Waals surface area (Å²) < 4.78 is 39.5. The molecule has 0 fully saturated rings. The molecule has 1 N–H and O–H groups in total. The Kier molecular flexibility index (Phi) is 2.18. The summed E-state index contributed by atoms with van der Waals surface area (Å²) >= 11 is 5.56. The highest BCUT2D eigenvalue weighted by Crippen LogP contribution is 2.32. The van der Waals surface area contributed by atoms with Gasteiger partial charge in [0, 0.05) is 6.07 Å². The van der Waals surface area contributed by atoms with Gasteiger partial charge in [-0.3, -0.25) is 0 Å². The van der Waals surface area contributed by atoms with Gasteiger partial charge >= 0.3 is 6.36 Å². The number of ether oxygens (including phenoxy) is 1. The average Bonchev–Trinajstić information content (AvgIpc) is 2.49. The van der Waals surface area contributed by atoms with Crippen LogP contribution in [0.3, 0.4) is 0 Å². The number of nitrogens with one attached hydrogen (secondary N) is 1. The molecule has 1 aromatic carbocycles. The van der Waals surface area contributed by atoms with Crippen LogP contribution in [0.4, 0.5) is 13.2 Å². The Hall–Kier alpha value is -1.50. The number of hydrogen-bond acceptors (Lipinski definition) is 3. The van der Waals surface area contributed by atoms with Crippen LogP contribution in [0.1, 0.15) is 0 Å². The molecule has 2 aromatic rings. The number of alkyl halides is 3. The minimum atomic E-state index is -4.78. The van der Waals surface area contributed by atoms with Crippen LogP contribution >= 0.6 is 11.6 Å². The van der Waals surface area contributed by atoms with Gasteiger partial charge in [-0.25, -0.2) is 0 Å². The second kappa shape index (κ2) is 3.27. The van der Waals surface area contributed by atoms with E-state index in [4.69, 9.17) is 11.6 Å². The first-order chi connectivity index (χ1) is 6.96. The zero-order valence-electron chi connectivity index (χ0n) is 6.97. The first-order valence-corrected chi connectivity index (χ1v) is 4.09. The van der Waals surface area contributed by atoms with Crippen molar-refractivity contribution in [3.63, 3.8) is 0 Å². The van der Waals surface area contributed by atoms with Crippen molar-refractivity contribution < 1.29 is 17.9 Å². The second-order valence-corrected chi connectivity index (χ2v) is 3.05. The van der Waals surface area contributed by atoms with Gasteiger partial charge in [0.1, 0.15) is 16.8 Å². The fraction of sp³-hybridized carbons (Fsp3) is 0.143. The van der Waals surface area contributed by atoms with Gasteiger partial charge < -0.3 is 4.74 Å². The van der Waals surface area contributed by atoms with Crippen LogP contribution in [0.2, 0.25) is 5.02 Å². The maximum Gasteiger partial charge on any atom is 0.573 e. The normalized spacial score (nSPS) is 12.0. The fourth-order valence-electron chi connectivity index (χ4n) is 1.05. The van der Waals surface area contributed by atoms with Gasteiger partial charge in [-0.15, -0.1) is 13.2 Å². The largest absolute Gasteiger partial charge is 0.573 e. The topological polar surface area (TPSA) is 50.8 Å². The quantitative estimate of drug-likeness (QED) is 0.829. The number of aromatic amines is 1. The Morgan fingerprint density at radius 1 is 1.20 bits per heavy atom. The highest BCUT2D eigenvalue weighted by molar-refractivity contribution is 6.32. The molecule has 0 unspecified atom stereocenters. The predicted molar refractivity (Wildman–Crippen MR) is 45.6 cm³/mol. The molecule has 0 saturated heterocycles. The number of benzene rings is 1. The van der Waals surface area contributed by atoms with E-state index < -0.39 is 12.1 Å². The van der Waals surface area contributed by atoms with Gasteiger partial charge in [0.05, 0.1) is 5.02 Å². The summed E-state index contributed by atoms with van der Waals surface area (Å²) in [5.41, 5.74) is 0.619. The van der Waals surface area contributed by atoms with Gasteiger partial charge in [0.15, 0.2) is 0 Å². The molecule has 0 atom stereocenters. The summed E-state index contributed by atoms with van der Waals surface area (Å²) in [6.07, 6.45) is -4.78. The van der Waals surface area contributed by atoms with Gasteiger partial charge in [-0.2, -0.15) is 15.4 Å². The van der Waals surface area contributed by atoms with Crippen molar-refractivity contribution in [2.75, 3.05) is 0 Å². The number of aromatic nitrogens is 3. The standard InChI is InChI=1S/C7H3ClF3N3O/c8-3-1-4-5(13-14-12-4)2-6(3)15-7(9,10)11/h1-2H,(H,12,13,14). The molecule has 0 aliphatic carbocycles. The van der Waals surface area contributed by atoms with Crippen molar-refractivity contribution in [2.45, 2.75) is 6.36 Å². The van der Waals surface area contributed by atoms with Crippen LogP contribution < -0.4 is 4.74 Å². The lowest BCUT2D eigenvalue weighted by molar-refractivity contribution is -0.274. The summed E-state index contributed by atoms with van der Waals surface area (Å²) in [5.74, 6) is -0.495. The summed E-state index contributed by atoms with van der Waals surface area (Å²) in [4.78, 5) is 0. The predicted octanol–water partition coefficient (Wildman–Crippen LogP) is 2.51. The Morgan fingerprint density at radius 2 is 1.80 bits per heavy atom. The maximum absolute atomic E-state index is 11.9. The minimum absolute atomic E-state index is 0.172. The molecule has 2 rings (SSSR count). The lowest BCUT2D eigenvalue weighted by Crippen LogP contribution is -2.17. The Morgan fingerprint density at radius 3 is 2.40 bits per heavy atom. The van der Waals surface area contributed by atoms with Crippen molar-refractivity contribution in [2.24, 2.45) is 0 Å². The van der Waals surface area contributed by atoms with Crippen LogP contribution in [0, 0.1) is 0 Å². The monoisotopic (exact) mass is 237 g/mol. The summed E-state index contributed by atoms with van der Waals surface area (Å²) in [6, 6.07) is 2.30. The molecule has 4 nitrogen and oxygen atoms in total. The molecule has 80 valence electrons. The molecule has 0 aliphatic heterocycles. The molecule has 0 amide bonds. The third kappa shape index (κ3) is 2.12. The summed E-state index contributed by atoms with van der Waals surface area (Å²) in [6.45, 7) is 0. The van der Waals surface area contributed by atoms with Gasteiger partial charge in [0.2, 0.25) is 0 Å². The van der Waals surface area contributed by atoms with Gasteiger partial charge in [0.25, 0.3) is 0 Å². The van der Waals surface area contributed by atoms with Gasteiger partial charge in [-0.05, 0) is 6.07 Å². The van der Waals surface area contributed by atoms with E-state index in [9.17, 15) is 13.2 Å². The molecule has 15 heavy (non-hydrogen) atoms. The lowest BCUT2D eigenvalue weighted by atomic mass is 10.3. The summed E-state index contributed by atoms with van der Waals surface area (Å²) in [7, 11) is 0. The number of nitrogens with zero attached hydrogens (tertiary/aromatic N) is 2. The SMILES string of the molecule is FC(F)(F)Oc1cc2n[nH]nc2cc1Cl. The number of fused-ring (bicyclic) bond motifs is 1. The van der Waals surface area contributed by atoms with E-state index in [-0.39, 0.29) is 10.5 Å². The molecule has 1 aromatic heterocycles. The van der Waals surface area contributed by atoms with E-state index in [0.29, 0.717) is 5.52 Å². The molecule has 8 heteroatoms. The lowest BCUT2D eigenvalue weighted by Gasteiger charge is -2.09. The molecular formula is C7H3ClF3N3O. The Bertz CT molecular complexity index is 496.